The minimum atomic E-state index is -0.479. The van der Waals surface area contributed by atoms with Gasteiger partial charge in [-0.1, -0.05) is 54.6 Å². The lowest BCUT2D eigenvalue weighted by Crippen LogP contribution is -2.09. The van der Waals surface area contributed by atoms with E-state index in [2.05, 4.69) is 5.32 Å². The third-order valence-corrected chi connectivity index (χ3v) is 6.36. The van der Waals surface area contributed by atoms with Crippen LogP contribution in [-0.2, 0) is 0 Å². The lowest BCUT2D eigenvalue weighted by Gasteiger charge is -2.17. The summed E-state index contributed by atoms with van der Waals surface area (Å²) >= 11 is 1.47. The minimum Gasteiger partial charge on any atom is -0.354 e. The van der Waals surface area contributed by atoms with Crippen LogP contribution in [0.2, 0.25) is 0 Å². The number of carbonyl (C=O) groups is 1. The molecule has 0 saturated carbocycles. The Balaban J connectivity index is 1.78. The molecule has 0 radical (unpaired) electrons. The molecule has 136 valence electrons. The lowest BCUT2D eigenvalue weighted by molar-refractivity contribution is -0.385. The van der Waals surface area contributed by atoms with Crippen molar-refractivity contribution in [3.8, 4) is 0 Å². The number of nitrogens with zero attached hydrogens (tertiary/aromatic N) is 1. The van der Waals surface area contributed by atoms with Crippen LogP contribution in [0.4, 0.5) is 11.4 Å². The number of nitrogens with one attached hydrogen (secondary N) is 1. The summed E-state index contributed by atoms with van der Waals surface area (Å²) in [5, 5.41) is 14.6. The first-order valence-electron chi connectivity index (χ1n) is 8.79. The predicted molar refractivity (Wildman–Crippen MR) is 109 cm³/mol. The number of hydrogen-bond donors (Lipinski definition) is 1. The molecule has 5 rings (SSSR count). The standard InChI is InChI=1S/C22H14N2O3S/c25-21-14-8-2-1-7-13(14)20-19(21)22(15-9-3-5-11-17(15)24(26)27)28-18-12-6-4-10-16(18)23-20/h1-12,22-23H. The maximum absolute atomic E-state index is 13.3. The largest absolute Gasteiger partial charge is 0.354 e. The fourth-order valence-corrected chi connectivity index (χ4v) is 5.10. The first-order valence-corrected chi connectivity index (χ1v) is 9.67. The van der Waals surface area contributed by atoms with E-state index in [1.807, 2.05) is 42.5 Å². The highest BCUT2D eigenvalue weighted by Gasteiger charge is 2.40. The van der Waals surface area contributed by atoms with Gasteiger partial charge in [0.2, 0.25) is 0 Å². The molecular formula is C22H14N2O3S. The molecule has 1 aliphatic heterocycles. The number of ketones is 1. The van der Waals surface area contributed by atoms with Crippen molar-refractivity contribution in [2.24, 2.45) is 0 Å². The molecule has 3 aromatic carbocycles. The van der Waals surface area contributed by atoms with Gasteiger partial charge in [0.15, 0.2) is 5.78 Å². The van der Waals surface area contributed by atoms with E-state index in [0.717, 1.165) is 21.8 Å². The van der Waals surface area contributed by atoms with Crippen LogP contribution < -0.4 is 5.32 Å². The van der Waals surface area contributed by atoms with Gasteiger partial charge in [-0.2, -0.15) is 0 Å². The third-order valence-electron chi connectivity index (χ3n) is 5.02. The number of nitro groups is 1. The first kappa shape index (κ1) is 16.8. The monoisotopic (exact) mass is 386 g/mol. The topological polar surface area (TPSA) is 72.2 Å². The van der Waals surface area contributed by atoms with Crippen molar-refractivity contribution in [3.63, 3.8) is 0 Å². The smallest absolute Gasteiger partial charge is 0.274 e. The number of hydrogen-bond acceptors (Lipinski definition) is 5. The third kappa shape index (κ3) is 2.46. The molecule has 1 N–H and O–H groups in total. The Morgan fingerprint density at radius 1 is 0.893 bits per heavy atom. The van der Waals surface area contributed by atoms with Gasteiger partial charge in [0, 0.05) is 33.2 Å². The average Bonchev–Trinajstić information content (AvgIpc) is 2.89. The number of nitro benzene ring substituents is 1. The highest BCUT2D eigenvalue weighted by molar-refractivity contribution is 8.00. The Bertz CT molecular complexity index is 1190. The molecule has 1 atom stereocenters. The van der Waals surface area contributed by atoms with Crippen LogP contribution in [0, 0.1) is 10.1 Å². The van der Waals surface area contributed by atoms with Gasteiger partial charge in [-0.05, 0) is 12.1 Å². The maximum atomic E-state index is 13.3. The molecule has 0 spiro atoms. The highest BCUT2D eigenvalue weighted by Crippen LogP contribution is 2.53. The molecular weight excluding hydrogens is 372 g/mol. The van der Waals surface area contributed by atoms with Crippen molar-refractivity contribution >= 4 is 34.6 Å². The zero-order valence-electron chi connectivity index (χ0n) is 14.6. The normalized spacial score (nSPS) is 17.3. The molecule has 0 fully saturated rings. The van der Waals surface area contributed by atoms with Crippen LogP contribution in [0.5, 0.6) is 0 Å². The number of Topliss-reactive ketones (excluding diaryl/α,β-unsaturated/α-hetero) is 1. The molecule has 5 nitrogen and oxygen atoms in total. The second-order valence-electron chi connectivity index (χ2n) is 6.60. The number of fused-ring (bicyclic) bond motifs is 3. The molecule has 3 aromatic rings. The molecule has 6 heteroatoms. The van der Waals surface area contributed by atoms with Crippen molar-refractivity contribution in [2.45, 2.75) is 10.1 Å². The molecule has 2 aliphatic rings. The van der Waals surface area contributed by atoms with Crippen LogP contribution in [0.1, 0.15) is 26.7 Å². The summed E-state index contributed by atoms with van der Waals surface area (Å²) in [4.78, 5) is 25.6. The molecule has 28 heavy (non-hydrogen) atoms. The van der Waals surface area contributed by atoms with Gasteiger partial charge in [0.05, 0.1) is 21.6 Å². The van der Waals surface area contributed by atoms with E-state index in [0.29, 0.717) is 16.7 Å². The number of para-hydroxylation sites is 2. The number of thioether (sulfide) groups is 1. The van der Waals surface area contributed by atoms with Gasteiger partial charge in [-0.3, -0.25) is 14.9 Å². The Kier molecular flexibility index (Phi) is 3.80. The van der Waals surface area contributed by atoms with Gasteiger partial charge in [0.25, 0.3) is 5.69 Å². The quantitative estimate of drug-likeness (QED) is 0.468. The summed E-state index contributed by atoms with van der Waals surface area (Å²) in [5.41, 5.74) is 4.22. The summed E-state index contributed by atoms with van der Waals surface area (Å²) < 4.78 is 0. The minimum absolute atomic E-state index is 0.0231. The molecule has 0 aromatic heterocycles. The summed E-state index contributed by atoms with van der Waals surface area (Å²) in [6.07, 6.45) is 0. The van der Waals surface area contributed by atoms with E-state index in [1.165, 1.54) is 17.8 Å². The molecule has 1 heterocycles. The molecule has 0 amide bonds. The number of carbonyl (C=O) groups excluding carboxylic acids is 1. The number of benzene rings is 3. The van der Waals surface area contributed by atoms with Gasteiger partial charge in [-0.15, -0.1) is 11.8 Å². The Hall–Kier alpha value is -3.38. The van der Waals surface area contributed by atoms with Crippen molar-refractivity contribution < 1.29 is 9.72 Å². The van der Waals surface area contributed by atoms with Gasteiger partial charge in [-0.25, -0.2) is 0 Å². The van der Waals surface area contributed by atoms with Crippen molar-refractivity contribution in [3.05, 3.63) is 105 Å². The van der Waals surface area contributed by atoms with Gasteiger partial charge >= 0.3 is 0 Å². The van der Waals surface area contributed by atoms with Crippen LogP contribution >= 0.6 is 11.8 Å². The number of anilines is 1. The Labute approximate surface area is 165 Å². The van der Waals surface area contributed by atoms with Gasteiger partial charge < -0.3 is 5.32 Å². The molecule has 1 unspecified atom stereocenters. The predicted octanol–water partition coefficient (Wildman–Crippen LogP) is 5.46. The van der Waals surface area contributed by atoms with Crippen LogP contribution in [-0.4, -0.2) is 10.7 Å². The summed E-state index contributed by atoms with van der Waals surface area (Å²) in [5.74, 6) is -0.0819. The average molecular weight is 386 g/mol. The Morgan fingerprint density at radius 2 is 1.57 bits per heavy atom. The molecule has 1 aliphatic carbocycles. The van der Waals surface area contributed by atoms with E-state index in [1.54, 1.807) is 24.3 Å². The fourth-order valence-electron chi connectivity index (χ4n) is 3.78. The Morgan fingerprint density at radius 3 is 2.39 bits per heavy atom. The second kappa shape index (κ2) is 6.35. The first-order chi connectivity index (χ1) is 13.6. The second-order valence-corrected chi connectivity index (χ2v) is 7.75. The molecule has 0 bridgehead atoms. The van der Waals surface area contributed by atoms with Crippen molar-refractivity contribution in [1.82, 2.24) is 0 Å². The highest BCUT2D eigenvalue weighted by atomic mass is 32.2. The van der Waals surface area contributed by atoms with E-state index in [4.69, 9.17) is 0 Å². The van der Waals surface area contributed by atoms with Crippen molar-refractivity contribution in [2.75, 3.05) is 5.32 Å². The maximum Gasteiger partial charge on any atom is 0.274 e. The lowest BCUT2D eigenvalue weighted by atomic mass is 9.99. The zero-order valence-corrected chi connectivity index (χ0v) is 15.4. The zero-order chi connectivity index (χ0) is 19.3. The van der Waals surface area contributed by atoms with Crippen molar-refractivity contribution in [1.29, 1.82) is 0 Å². The van der Waals surface area contributed by atoms with Crippen LogP contribution in [0.15, 0.2) is 83.3 Å². The van der Waals surface area contributed by atoms with Gasteiger partial charge in [0.1, 0.15) is 0 Å². The molecule has 0 saturated heterocycles. The summed E-state index contributed by atoms with van der Waals surface area (Å²) in [7, 11) is 0. The summed E-state index contributed by atoms with van der Waals surface area (Å²) in [6, 6.07) is 21.9. The van der Waals surface area contributed by atoms with E-state index >= 15 is 0 Å². The fraction of sp³-hybridized carbons (Fsp3) is 0.0455. The number of rotatable bonds is 2. The summed E-state index contributed by atoms with van der Waals surface area (Å²) in [6.45, 7) is 0. The van der Waals surface area contributed by atoms with Crippen LogP contribution in [0.3, 0.4) is 0 Å². The van der Waals surface area contributed by atoms with E-state index in [-0.39, 0.29) is 16.4 Å². The SMILES string of the molecule is O=C1C2=C(Nc3ccccc3SC2c2ccccc2[N+](=O)[O-])c2ccccc21. The van der Waals surface area contributed by atoms with E-state index in [9.17, 15) is 14.9 Å². The van der Waals surface area contributed by atoms with Crippen LogP contribution in [0.25, 0.3) is 5.70 Å². The van der Waals surface area contributed by atoms with E-state index < -0.39 is 5.25 Å².